The lowest BCUT2D eigenvalue weighted by atomic mass is 10.1. The summed E-state index contributed by atoms with van der Waals surface area (Å²) in [5.41, 5.74) is 0.676. The van der Waals surface area contributed by atoms with E-state index in [9.17, 15) is 9.59 Å². The Kier molecular flexibility index (Phi) is 5.54. The Balaban J connectivity index is 1.97. The minimum Gasteiger partial charge on any atom is -0.449 e. The van der Waals surface area contributed by atoms with Crippen LogP contribution in [0.3, 0.4) is 0 Å². The van der Waals surface area contributed by atoms with E-state index in [0.29, 0.717) is 5.56 Å². The van der Waals surface area contributed by atoms with Gasteiger partial charge in [-0.15, -0.1) is 0 Å². The van der Waals surface area contributed by atoms with E-state index in [4.69, 9.17) is 10.00 Å². The summed E-state index contributed by atoms with van der Waals surface area (Å²) < 4.78 is 5.25. The summed E-state index contributed by atoms with van der Waals surface area (Å²) in [5, 5.41) is 8.85. The first-order chi connectivity index (χ1) is 10.6. The molecule has 0 unspecified atom stereocenters. The first-order valence-electron chi connectivity index (χ1n) is 7.62. The van der Waals surface area contributed by atoms with Crippen LogP contribution >= 0.6 is 0 Å². The maximum absolute atomic E-state index is 12.3. The minimum atomic E-state index is -0.809. The topological polar surface area (TPSA) is 70.4 Å². The fourth-order valence-corrected chi connectivity index (χ4v) is 2.54. The highest BCUT2D eigenvalue weighted by Crippen LogP contribution is 2.13. The Hall–Kier alpha value is -2.35. The molecule has 1 aliphatic rings. The average molecular weight is 300 g/mol. The van der Waals surface area contributed by atoms with Crippen molar-refractivity contribution in [2.24, 2.45) is 0 Å². The molecule has 5 nitrogen and oxygen atoms in total. The lowest BCUT2D eigenvalue weighted by Crippen LogP contribution is -2.40. The average Bonchev–Trinajstić information content (AvgIpc) is 2.83. The Morgan fingerprint density at radius 2 is 1.91 bits per heavy atom. The number of esters is 1. The van der Waals surface area contributed by atoms with Crippen molar-refractivity contribution in [3.63, 3.8) is 0 Å². The maximum atomic E-state index is 12.3. The summed E-state index contributed by atoms with van der Waals surface area (Å²) in [4.78, 5) is 26.2. The van der Waals surface area contributed by atoms with Crippen molar-refractivity contribution in [3.05, 3.63) is 35.4 Å². The lowest BCUT2D eigenvalue weighted by molar-refractivity contribution is -0.139. The first kappa shape index (κ1) is 16.0. The molecule has 0 spiro atoms. The molecule has 1 aromatic rings. The normalized spacial score (nSPS) is 16.3. The molecular weight excluding hydrogens is 280 g/mol. The van der Waals surface area contributed by atoms with Crippen LogP contribution in [0.2, 0.25) is 0 Å². The molecule has 0 saturated carbocycles. The SMILES string of the molecule is C[C@@H](OC(=O)c1cccc(C#N)c1)C(=O)N1CCCCCC1. The van der Waals surface area contributed by atoms with Gasteiger partial charge in [-0.25, -0.2) is 4.79 Å². The van der Waals surface area contributed by atoms with Gasteiger partial charge in [-0.2, -0.15) is 5.26 Å². The molecule has 1 aromatic carbocycles. The number of carbonyl (C=O) groups excluding carboxylic acids is 2. The maximum Gasteiger partial charge on any atom is 0.338 e. The summed E-state index contributed by atoms with van der Waals surface area (Å²) in [6, 6.07) is 8.25. The summed E-state index contributed by atoms with van der Waals surface area (Å²) in [6.45, 7) is 3.05. The highest BCUT2D eigenvalue weighted by Gasteiger charge is 2.24. The van der Waals surface area contributed by atoms with E-state index in [1.807, 2.05) is 6.07 Å². The Bertz CT molecular complexity index is 584. The molecule has 1 heterocycles. The monoisotopic (exact) mass is 300 g/mol. The smallest absolute Gasteiger partial charge is 0.338 e. The number of ether oxygens (including phenoxy) is 1. The molecule has 0 radical (unpaired) electrons. The molecule has 1 fully saturated rings. The van der Waals surface area contributed by atoms with Crippen LogP contribution < -0.4 is 0 Å². The zero-order chi connectivity index (χ0) is 15.9. The molecule has 116 valence electrons. The summed E-state index contributed by atoms with van der Waals surface area (Å²) in [7, 11) is 0. The highest BCUT2D eigenvalue weighted by atomic mass is 16.5. The van der Waals surface area contributed by atoms with Crippen LogP contribution in [0, 0.1) is 11.3 Å². The summed E-state index contributed by atoms with van der Waals surface area (Å²) >= 11 is 0. The van der Waals surface area contributed by atoms with Crippen LogP contribution in [0.25, 0.3) is 0 Å². The standard InChI is InChI=1S/C17H20N2O3/c1-13(16(20)19-9-4-2-3-5-10-19)22-17(21)15-8-6-7-14(11-15)12-18/h6-8,11,13H,2-5,9-10H2,1H3/t13-/m1/s1. The molecule has 1 atom stereocenters. The van der Waals surface area contributed by atoms with Crippen molar-refractivity contribution in [1.29, 1.82) is 5.26 Å². The van der Waals surface area contributed by atoms with Gasteiger partial charge in [-0.3, -0.25) is 4.79 Å². The van der Waals surface area contributed by atoms with Gasteiger partial charge in [0.05, 0.1) is 17.2 Å². The Morgan fingerprint density at radius 3 is 2.55 bits per heavy atom. The largest absolute Gasteiger partial charge is 0.449 e. The van der Waals surface area contributed by atoms with E-state index in [1.54, 1.807) is 30.0 Å². The van der Waals surface area contributed by atoms with Crippen LogP contribution in [-0.2, 0) is 9.53 Å². The zero-order valence-electron chi connectivity index (χ0n) is 12.7. The third kappa shape index (κ3) is 4.08. The van der Waals surface area contributed by atoms with Gasteiger partial charge in [0.2, 0.25) is 0 Å². The predicted octanol–water partition coefficient (Wildman–Crippen LogP) is 2.51. The van der Waals surface area contributed by atoms with Crippen LogP contribution in [-0.4, -0.2) is 36.0 Å². The van der Waals surface area contributed by atoms with Gasteiger partial charge in [-0.05, 0) is 38.0 Å². The minimum absolute atomic E-state index is 0.147. The van der Waals surface area contributed by atoms with Crippen molar-refractivity contribution in [3.8, 4) is 6.07 Å². The van der Waals surface area contributed by atoms with Gasteiger partial charge in [0.25, 0.3) is 5.91 Å². The molecular formula is C17H20N2O3. The summed E-state index contributed by atoms with van der Waals surface area (Å²) in [6.07, 6.45) is 3.46. The zero-order valence-corrected chi connectivity index (χ0v) is 12.7. The van der Waals surface area contributed by atoms with Crippen LogP contribution in [0.5, 0.6) is 0 Å². The van der Waals surface area contributed by atoms with Crippen LogP contribution in [0.4, 0.5) is 0 Å². The van der Waals surface area contributed by atoms with Crippen molar-refractivity contribution < 1.29 is 14.3 Å². The number of benzene rings is 1. The van der Waals surface area contributed by atoms with E-state index >= 15 is 0 Å². The molecule has 1 aliphatic heterocycles. The predicted molar refractivity (Wildman–Crippen MR) is 81.1 cm³/mol. The van der Waals surface area contributed by atoms with Crippen molar-refractivity contribution in [1.82, 2.24) is 4.90 Å². The van der Waals surface area contributed by atoms with E-state index in [1.165, 1.54) is 6.07 Å². The summed E-state index contributed by atoms with van der Waals surface area (Å²) in [5.74, 6) is -0.723. The van der Waals surface area contributed by atoms with E-state index in [-0.39, 0.29) is 11.5 Å². The Morgan fingerprint density at radius 1 is 1.23 bits per heavy atom. The molecule has 0 N–H and O–H groups in total. The van der Waals surface area contributed by atoms with E-state index in [0.717, 1.165) is 38.8 Å². The van der Waals surface area contributed by atoms with Gasteiger partial charge < -0.3 is 9.64 Å². The third-order valence-electron chi connectivity index (χ3n) is 3.78. The molecule has 0 aliphatic carbocycles. The molecule has 1 saturated heterocycles. The second kappa shape index (κ2) is 7.60. The highest BCUT2D eigenvalue weighted by molar-refractivity contribution is 5.92. The first-order valence-corrected chi connectivity index (χ1v) is 7.62. The number of nitriles is 1. The number of amides is 1. The van der Waals surface area contributed by atoms with Crippen molar-refractivity contribution >= 4 is 11.9 Å². The molecule has 22 heavy (non-hydrogen) atoms. The van der Waals surface area contributed by atoms with Gasteiger partial charge >= 0.3 is 5.97 Å². The molecule has 0 aromatic heterocycles. The third-order valence-corrected chi connectivity index (χ3v) is 3.78. The molecule has 5 heteroatoms. The van der Waals surface area contributed by atoms with Gasteiger partial charge in [-0.1, -0.05) is 18.9 Å². The number of nitrogens with zero attached hydrogens (tertiary/aromatic N) is 2. The second-order valence-corrected chi connectivity index (χ2v) is 5.48. The van der Waals surface area contributed by atoms with Crippen LogP contribution in [0.1, 0.15) is 48.5 Å². The fraction of sp³-hybridized carbons (Fsp3) is 0.471. The van der Waals surface area contributed by atoms with Gasteiger partial charge in [0.1, 0.15) is 0 Å². The van der Waals surface area contributed by atoms with Crippen molar-refractivity contribution in [2.75, 3.05) is 13.1 Å². The number of hydrogen-bond donors (Lipinski definition) is 0. The van der Waals surface area contributed by atoms with Gasteiger partial charge in [0, 0.05) is 13.1 Å². The molecule has 2 rings (SSSR count). The number of rotatable bonds is 3. The second-order valence-electron chi connectivity index (χ2n) is 5.48. The van der Waals surface area contributed by atoms with Gasteiger partial charge in [0.15, 0.2) is 6.10 Å². The van der Waals surface area contributed by atoms with Crippen LogP contribution in [0.15, 0.2) is 24.3 Å². The Labute approximate surface area is 130 Å². The molecule has 0 bridgehead atoms. The number of likely N-dealkylation sites (tertiary alicyclic amines) is 1. The fourth-order valence-electron chi connectivity index (χ4n) is 2.54. The van der Waals surface area contributed by atoms with E-state index < -0.39 is 12.1 Å². The quantitative estimate of drug-likeness (QED) is 0.804. The number of carbonyl (C=O) groups is 2. The lowest BCUT2D eigenvalue weighted by Gasteiger charge is -2.24. The van der Waals surface area contributed by atoms with E-state index in [2.05, 4.69) is 0 Å². The number of hydrogen-bond acceptors (Lipinski definition) is 4. The molecule has 1 amide bonds. The van der Waals surface area contributed by atoms with Crippen molar-refractivity contribution in [2.45, 2.75) is 38.7 Å².